The Morgan fingerprint density at radius 3 is 2.48 bits per heavy atom. The zero-order chi connectivity index (χ0) is 21.8. The van der Waals surface area contributed by atoms with E-state index in [4.69, 9.17) is 0 Å². The highest BCUT2D eigenvalue weighted by molar-refractivity contribution is 7.98. The largest absolute Gasteiger partial charge is 0.324 e. The van der Waals surface area contributed by atoms with Crippen LogP contribution in [0.1, 0.15) is 24.5 Å². The van der Waals surface area contributed by atoms with Crippen LogP contribution in [0.25, 0.3) is 0 Å². The number of para-hydroxylation sites is 1. The molecule has 6 nitrogen and oxygen atoms in total. The number of rotatable bonds is 5. The van der Waals surface area contributed by atoms with Crippen molar-refractivity contribution in [3.63, 3.8) is 0 Å². The van der Waals surface area contributed by atoms with E-state index in [-0.39, 0.29) is 23.8 Å². The number of hydrogen-bond donors (Lipinski definition) is 2. The summed E-state index contributed by atoms with van der Waals surface area (Å²) in [4.78, 5) is 42.0. The van der Waals surface area contributed by atoms with Crippen LogP contribution < -0.4 is 15.5 Å². The molecule has 0 aliphatic carbocycles. The molecule has 3 aliphatic heterocycles. The summed E-state index contributed by atoms with van der Waals surface area (Å²) in [5, 5.41) is 6.40. The molecule has 5 rings (SSSR count). The van der Waals surface area contributed by atoms with Crippen molar-refractivity contribution in [3.8, 4) is 0 Å². The molecule has 2 saturated heterocycles. The summed E-state index contributed by atoms with van der Waals surface area (Å²) in [6.45, 7) is 2.06. The molecule has 0 aromatic heterocycles. The molecule has 0 radical (unpaired) electrons. The molecule has 2 aromatic carbocycles. The lowest BCUT2D eigenvalue weighted by atomic mass is 9.76. The van der Waals surface area contributed by atoms with E-state index in [1.807, 2.05) is 54.8 Å². The van der Waals surface area contributed by atoms with Crippen LogP contribution in [0.3, 0.4) is 0 Å². The molecule has 31 heavy (non-hydrogen) atoms. The monoisotopic (exact) mass is 435 g/mol. The van der Waals surface area contributed by atoms with Crippen LogP contribution in [-0.2, 0) is 26.3 Å². The molecule has 1 spiro atoms. The van der Waals surface area contributed by atoms with Gasteiger partial charge in [0.2, 0.25) is 17.7 Å². The number of fused-ring (bicyclic) bond motifs is 4. The number of hydrogen-bond acceptors (Lipinski definition) is 5. The minimum absolute atomic E-state index is 0.216. The predicted molar refractivity (Wildman–Crippen MR) is 122 cm³/mol. The van der Waals surface area contributed by atoms with Crippen LogP contribution in [0.5, 0.6) is 0 Å². The number of carbonyl (C=O) groups is 3. The second-order valence-electron chi connectivity index (χ2n) is 8.38. The minimum Gasteiger partial charge on any atom is -0.324 e. The van der Waals surface area contributed by atoms with Crippen molar-refractivity contribution in [1.82, 2.24) is 5.32 Å². The van der Waals surface area contributed by atoms with Gasteiger partial charge in [-0.1, -0.05) is 37.3 Å². The average molecular weight is 436 g/mol. The third-order valence-corrected chi connectivity index (χ3v) is 7.50. The zero-order valence-electron chi connectivity index (χ0n) is 17.6. The molecule has 2 N–H and O–H groups in total. The molecule has 0 unspecified atom stereocenters. The van der Waals surface area contributed by atoms with Gasteiger partial charge in [0.05, 0.1) is 17.5 Å². The lowest BCUT2D eigenvalue weighted by Crippen LogP contribution is -2.53. The first-order valence-corrected chi connectivity index (χ1v) is 12.1. The molecule has 3 heterocycles. The Bertz CT molecular complexity index is 1070. The molecule has 4 atom stereocenters. The molecule has 0 bridgehead atoms. The quantitative estimate of drug-likeness (QED) is 0.706. The third-order valence-electron chi connectivity index (χ3n) is 6.86. The van der Waals surface area contributed by atoms with E-state index in [0.717, 1.165) is 23.3 Å². The SMILES string of the molecule is CCc1ccc(N2C(=O)[C@H]3[C@H](CCSC)N[C@]4(C(=O)Nc5ccccc54)[C@@H]3C2=O)cc1. The van der Waals surface area contributed by atoms with E-state index in [1.54, 1.807) is 11.8 Å². The maximum absolute atomic E-state index is 13.8. The Balaban J connectivity index is 1.62. The van der Waals surface area contributed by atoms with E-state index in [2.05, 4.69) is 17.6 Å². The van der Waals surface area contributed by atoms with Gasteiger partial charge in [-0.2, -0.15) is 11.8 Å². The molecule has 0 saturated carbocycles. The summed E-state index contributed by atoms with van der Waals surface area (Å²) < 4.78 is 0. The van der Waals surface area contributed by atoms with Crippen LogP contribution in [0.2, 0.25) is 0 Å². The van der Waals surface area contributed by atoms with Crippen molar-refractivity contribution >= 4 is 40.9 Å². The molecule has 7 heteroatoms. The summed E-state index contributed by atoms with van der Waals surface area (Å²) in [7, 11) is 0. The maximum Gasteiger partial charge on any atom is 0.250 e. The van der Waals surface area contributed by atoms with Crippen LogP contribution in [0.4, 0.5) is 11.4 Å². The Labute approximate surface area is 185 Å². The standard InChI is InChI=1S/C24H25N3O3S/c1-3-14-8-10-15(11-9-14)27-21(28)19-18(12-13-31-2)26-24(20(19)22(27)29)16-6-4-5-7-17(16)25-23(24)30/h4-11,18-20,26H,3,12-13H2,1-2H3,(H,25,30)/t18-,19-,20-,24-/m0/s1. The topological polar surface area (TPSA) is 78.5 Å². The van der Waals surface area contributed by atoms with Crippen molar-refractivity contribution in [2.45, 2.75) is 31.3 Å². The first-order chi connectivity index (χ1) is 15.0. The Morgan fingerprint density at radius 1 is 1.03 bits per heavy atom. The first-order valence-electron chi connectivity index (χ1n) is 10.7. The summed E-state index contributed by atoms with van der Waals surface area (Å²) in [6.07, 6.45) is 3.61. The third kappa shape index (κ3) is 2.79. The number of benzene rings is 2. The van der Waals surface area contributed by atoms with Crippen LogP contribution in [0.15, 0.2) is 48.5 Å². The van der Waals surface area contributed by atoms with E-state index < -0.39 is 17.4 Å². The summed E-state index contributed by atoms with van der Waals surface area (Å²) in [5.74, 6) is -1.26. The fourth-order valence-electron chi connectivity index (χ4n) is 5.39. The van der Waals surface area contributed by atoms with Crippen molar-refractivity contribution < 1.29 is 14.4 Å². The minimum atomic E-state index is -1.21. The van der Waals surface area contributed by atoms with Gasteiger partial charge in [-0.25, -0.2) is 4.90 Å². The second-order valence-corrected chi connectivity index (χ2v) is 9.36. The summed E-state index contributed by atoms with van der Waals surface area (Å²) >= 11 is 1.69. The van der Waals surface area contributed by atoms with Gasteiger partial charge >= 0.3 is 0 Å². The fraction of sp³-hybridized carbons (Fsp3) is 0.375. The number of carbonyl (C=O) groups excluding carboxylic acids is 3. The number of imide groups is 1. The smallest absolute Gasteiger partial charge is 0.250 e. The van der Waals surface area contributed by atoms with Crippen molar-refractivity contribution in [1.29, 1.82) is 0 Å². The summed E-state index contributed by atoms with van der Waals surface area (Å²) in [5.41, 5.74) is 1.96. The van der Waals surface area contributed by atoms with Crippen molar-refractivity contribution in [3.05, 3.63) is 59.7 Å². The highest BCUT2D eigenvalue weighted by Crippen LogP contribution is 2.53. The molecule has 2 aromatic rings. The number of amides is 3. The van der Waals surface area contributed by atoms with Gasteiger partial charge < -0.3 is 5.32 Å². The highest BCUT2D eigenvalue weighted by Gasteiger charge is 2.70. The fourth-order valence-corrected chi connectivity index (χ4v) is 5.88. The van der Waals surface area contributed by atoms with Gasteiger partial charge in [0.25, 0.3) is 0 Å². The van der Waals surface area contributed by atoms with E-state index in [0.29, 0.717) is 17.8 Å². The normalized spacial score (nSPS) is 28.9. The maximum atomic E-state index is 13.8. The van der Waals surface area contributed by atoms with Crippen LogP contribution >= 0.6 is 11.8 Å². The van der Waals surface area contributed by atoms with E-state index in [1.165, 1.54) is 4.90 Å². The number of aryl methyl sites for hydroxylation is 1. The number of nitrogens with zero attached hydrogens (tertiary/aromatic N) is 1. The van der Waals surface area contributed by atoms with Crippen molar-refractivity contribution in [2.75, 3.05) is 22.2 Å². The van der Waals surface area contributed by atoms with Gasteiger partial charge in [0.15, 0.2) is 0 Å². The highest BCUT2D eigenvalue weighted by atomic mass is 32.2. The van der Waals surface area contributed by atoms with Gasteiger partial charge in [-0.15, -0.1) is 0 Å². The lowest BCUT2D eigenvalue weighted by Gasteiger charge is -2.29. The molecule has 3 aliphatic rings. The predicted octanol–water partition coefficient (Wildman–Crippen LogP) is 2.93. The lowest BCUT2D eigenvalue weighted by molar-refractivity contribution is -0.130. The van der Waals surface area contributed by atoms with Crippen molar-refractivity contribution in [2.24, 2.45) is 11.8 Å². The molecule has 2 fully saturated rings. The van der Waals surface area contributed by atoms with Crippen LogP contribution in [0, 0.1) is 11.8 Å². The number of thioether (sulfide) groups is 1. The molecular formula is C24H25N3O3S. The molecule has 160 valence electrons. The summed E-state index contributed by atoms with van der Waals surface area (Å²) in [6, 6.07) is 14.8. The van der Waals surface area contributed by atoms with Gasteiger partial charge in [-0.3, -0.25) is 19.7 Å². The Morgan fingerprint density at radius 2 is 1.77 bits per heavy atom. The average Bonchev–Trinajstić information content (AvgIpc) is 3.37. The Kier molecular flexibility index (Phi) is 4.90. The van der Waals surface area contributed by atoms with E-state index in [9.17, 15) is 14.4 Å². The van der Waals surface area contributed by atoms with Gasteiger partial charge in [0, 0.05) is 17.3 Å². The number of nitrogens with one attached hydrogen (secondary N) is 2. The van der Waals surface area contributed by atoms with E-state index >= 15 is 0 Å². The molecular weight excluding hydrogens is 410 g/mol. The second kappa shape index (κ2) is 7.50. The van der Waals surface area contributed by atoms with Crippen LogP contribution in [-0.4, -0.2) is 35.8 Å². The molecule has 3 amide bonds. The zero-order valence-corrected chi connectivity index (χ0v) is 18.4. The Hall–Kier alpha value is -2.64. The number of anilines is 2. The van der Waals surface area contributed by atoms with Gasteiger partial charge in [0.1, 0.15) is 5.54 Å². The first kappa shape index (κ1) is 20.3. The van der Waals surface area contributed by atoms with Gasteiger partial charge in [-0.05, 0) is 48.6 Å².